The van der Waals surface area contributed by atoms with Gasteiger partial charge in [0, 0.05) is 62.4 Å². The van der Waals surface area contributed by atoms with Crippen molar-refractivity contribution in [1.82, 2.24) is 25.3 Å². The summed E-state index contributed by atoms with van der Waals surface area (Å²) in [5.41, 5.74) is 9.16. The first-order valence-electron chi connectivity index (χ1n) is 10.2. The summed E-state index contributed by atoms with van der Waals surface area (Å²) in [5.74, 6) is 0.460. The number of amides is 1. The van der Waals surface area contributed by atoms with Crippen molar-refractivity contribution in [1.29, 1.82) is 0 Å². The quantitative estimate of drug-likeness (QED) is 0.177. The Kier molecular flexibility index (Phi) is 8.68. The van der Waals surface area contributed by atoms with Crippen LogP contribution in [0.2, 0.25) is 0 Å². The van der Waals surface area contributed by atoms with Crippen molar-refractivity contribution in [2.75, 3.05) is 62.8 Å². The molecule has 14 heteroatoms. The van der Waals surface area contributed by atoms with E-state index >= 15 is 0 Å². The first kappa shape index (κ1) is 23.6. The second kappa shape index (κ2) is 12.1. The highest BCUT2D eigenvalue weighted by Gasteiger charge is 2.21. The minimum Gasteiger partial charge on any atom is -0.469 e. The Bertz CT molecular complexity index is 971. The molecular formula is C19H24N10O4. The number of hydrogen-bond acceptors (Lipinski definition) is 11. The van der Waals surface area contributed by atoms with Gasteiger partial charge >= 0.3 is 5.97 Å². The molecule has 0 atom stereocenters. The number of hydrogen-bond donors (Lipinski definition) is 1. The molecule has 0 unspecified atom stereocenters. The van der Waals surface area contributed by atoms with Crippen LogP contribution >= 0.6 is 0 Å². The minimum atomic E-state index is -0.341. The van der Waals surface area contributed by atoms with Crippen molar-refractivity contribution in [3.63, 3.8) is 0 Å². The third-order valence-corrected chi connectivity index (χ3v) is 4.74. The van der Waals surface area contributed by atoms with Gasteiger partial charge in [0.15, 0.2) is 0 Å². The minimum absolute atomic E-state index is 0.171. The second-order valence-electron chi connectivity index (χ2n) is 6.87. The lowest BCUT2D eigenvalue weighted by Gasteiger charge is -2.34. The van der Waals surface area contributed by atoms with Crippen molar-refractivity contribution in [3.8, 4) is 0 Å². The monoisotopic (exact) mass is 456 g/mol. The van der Waals surface area contributed by atoms with E-state index in [9.17, 15) is 9.59 Å². The SMILES string of the molecule is COC(=O)CCOCCNC(=O)c1cnc(N2CCN(c3ncc(N=[N+]=[N-])cn3)CC2)nc1. The van der Waals surface area contributed by atoms with E-state index in [4.69, 9.17) is 10.3 Å². The number of azide groups is 1. The number of carbonyl (C=O) groups excluding carboxylic acids is 2. The number of piperazine rings is 1. The van der Waals surface area contributed by atoms with E-state index in [0.29, 0.717) is 55.9 Å². The van der Waals surface area contributed by atoms with Gasteiger partial charge in [-0.2, -0.15) is 0 Å². The lowest BCUT2D eigenvalue weighted by molar-refractivity contribution is -0.141. The highest BCUT2D eigenvalue weighted by Crippen LogP contribution is 2.16. The van der Waals surface area contributed by atoms with Crippen LogP contribution in [0.3, 0.4) is 0 Å². The molecule has 0 spiro atoms. The average Bonchev–Trinajstić information content (AvgIpc) is 2.86. The van der Waals surface area contributed by atoms with Gasteiger partial charge in [0.2, 0.25) is 11.9 Å². The molecule has 1 fully saturated rings. The molecule has 3 rings (SSSR count). The second-order valence-corrected chi connectivity index (χ2v) is 6.87. The number of carbonyl (C=O) groups is 2. The van der Waals surface area contributed by atoms with E-state index in [0.717, 1.165) is 0 Å². The van der Waals surface area contributed by atoms with E-state index in [2.05, 4.69) is 40.0 Å². The van der Waals surface area contributed by atoms with Crippen LogP contribution in [0.4, 0.5) is 17.6 Å². The van der Waals surface area contributed by atoms with Gasteiger partial charge in [0.1, 0.15) is 0 Å². The van der Waals surface area contributed by atoms with Crippen molar-refractivity contribution in [2.24, 2.45) is 5.11 Å². The predicted octanol–water partition coefficient (Wildman–Crippen LogP) is 0.844. The van der Waals surface area contributed by atoms with Gasteiger partial charge in [-0.1, -0.05) is 5.11 Å². The molecule has 14 nitrogen and oxygen atoms in total. The van der Waals surface area contributed by atoms with Crippen molar-refractivity contribution >= 4 is 29.5 Å². The van der Waals surface area contributed by atoms with E-state index in [1.165, 1.54) is 31.9 Å². The molecule has 0 aliphatic carbocycles. The summed E-state index contributed by atoms with van der Waals surface area (Å²) in [6.07, 6.45) is 6.11. The molecule has 2 aromatic rings. The number of nitrogens with zero attached hydrogens (tertiary/aromatic N) is 9. The first-order valence-corrected chi connectivity index (χ1v) is 10.2. The highest BCUT2D eigenvalue weighted by molar-refractivity contribution is 5.93. The molecule has 1 aliphatic rings. The van der Waals surface area contributed by atoms with Crippen LogP contribution in [0, 0.1) is 0 Å². The fraction of sp³-hybridized carbons (Fsp3) is 0.474. The standard InChI is InChI=1S/C19H24N10O4/c1-32-16(30)2-8-33-9-3-21-17(31)14-10-22-18(23-11-14)28-4-6-29(7-5-28)19-24-12-15(13-25-19)26-27-20/h10-13H,2-9H2,1H3,(H,21,31). The maximum atomic E-state index is 12.2. The Balaban J connectivity index is 1.41. The molecule has 33 heavy (non-hydrogen) atoms. The fourth-order valence-electron chi connectivity index (χ4n) is 2.99. The number of rotatable bonds is 10. The third-order valence-electron chi connectivity index (χ3n) is 4.74. The fourth-order valence-corrected chi connectivity index (χ4v) is 2.99. The molecule has 1 saturated heterocycles. The third kappa shape index (κ3) is 6.98. The zero-order valence-corrected chi connectivity index (χ0v) is 18.1. The van der Waals surface area contributed by atoms with Crippen LogP contribution < -0.4 is 15.1 Å². The molecule has 0 aromatic carbocycles. The summed E-state index contributed by atoms with van der Waals surface area (Å²) in [4.78, 5) is 47.0. The Hall–Kier alpha value is -4.03. The molecular weight excluding hydrogens is 432 g/mol. The summed E-state index contributed by atoms with van der Waals surface area (Å²) >= 11 is 0. The van der Waals surface area contributed by atoms with Crippen molar-refractivity contribution in [3.05, 3.63) is 40.8 Å². The van der Waals surface area contributed by atoms with Crippen LogP contribution in [-0.4, -0.2) is 84.9 Å². The van der Waals surface area contributed by atoms with E-state index in [-0.39, 0.29) is 31.5 Å². The van der Waals surface area contributed by atoms with E-state index < -0.39 is 0 Å². The van der Waals surface area contributed by atoms with Gasteiger partial charge < -0.3 is 24.6 Å². The largest absolute Gasteiger partial charge is 0.469 e. The number of nitrogens with one attached hydrogen (secondary N) is 1. The van der Waals surface area contributed by atoms with Crippen LogP contribution in [0.5, 0.6) is 0 Å². The molecule has 0 radical (unpaired) electrons. The number of ether oxygens (including phenoxy) is 2. The number of anilines is 2. The lowest BCUT2D eigenvalue weighted by atomic mass is 10.3. The first-order chi connectivity index (χ1) is 16.1. The van der Waals surface area contributed by atoms with E-state index in [1.54, 1.807) is 0 Å². The van der Waals surface area contributed by atoms with Crippen molar-refractivity contribution in [2.45, 2.75) is 6.42 Å². The Morgan fingerprint density at radius 2 is 1.61 bits per heavy atom. The molecule has 2 aromatic heterocycles. The lowest BCUT2D eigenvalue weighted by Crippen LogP contribution is -2.47. The molecule has 0 saturated carbocycles. The smallest absolute Gasteiger partial charge is 0.307 e. The maximum Gasteiger partial charge on any atom is 0.307 e. The van der Waals surface area contributed by atoms with Gasteiger partial charge in [-0.15, -0.1) is 0 Å². The van der Waals surface area contributed by atoms with Gasteiger partial charge in [0.05, 0.1) is 38.0 Å². The normalized spacial score (nSPS) is 13.2. The molecule has 1 N–H and O–H groups in total. The average molecular weight is 456 g/mol. The zero-order valence-electron chi connectivity index (χ0n) is 18.1. The van der Waals surface area contributed by atoms with Gasteiger partial charge in [-0.25, -0.2) is 19.9 Å². The van der Waals surface area contributed by atoms with E-state index in [1.807, 2.05) is 9.80 Å². The maximum absolute atomic E-state index is 12.2. The molecule has 0 bridgehead atoms. The predicted molar refractivity (Wildman–Crippen MR) is 117 cm³/mol. The summed E-state index contributed by atoms with van der Waals surface area (Å²) in [6, 6.07) is 0. The van der Waals surface area contributed by atoms with Gasteiger partial charge in [-0.3, -0.25) is 9.59 Å². The van der Waals surface area contributed by atoms with Crippen LogP contribution in [0.15, 0.2) is 29.9 Å². The topological polar surface area (TPSA) is 171 Å². The summed E-state index contributed by atoms with van der Waals surface area (Å²) in [5, 5.41) is 6.18. The highest BCUT2D eigenvalue weighted by atomic mass is 16.5. The van der Waals surface area contributed by atoms with Crippen LogP contribution in [0.25, 0.3) is 10.4 Å². The van der Waals surface area contributed by atoms with Gasteiger partial charge in [-0.05, 0) is 5.53 Å². The van der Waals surface area contributed by atoms with Crippen LogP contribution in [-0.2, 0) is 14.3 Å². The number of aromatic nitrogens is 4. The Morgan fingerprint density at radius 3 is 2.15 bits per heavy atom. The Morgan fingerprint density at radius 1 is 1.03 bits per heavy atom. The number of methoxy groups -OCH3 is 1. The summed E-state index contributed by atoms with van der Waals surface area (Å²) in [6.45, 7) is 3.48. The Labute approximate surface area is 189 Å². The zero-order chi connectivity index (χ0) is 23.5. The summed E-state index contributed by atoms with van der Waals surface area (Å²) in [7, 11) is 1.32. The molecule has 1 aliphatic heterocycles. The molecule has 3 heterocycles. The number of esters is 1. The molecule has 1 amide bonds. The van der Waals surface area contributed by atoms with Crippen molar-refractivity contribution < 1.29 is 19.1 Å². The van der Waals surface area contributed by atoms with Gasteiger partial charge in [0.25, 0.3) is 5.91 Å². The molecule has 174 valence electrons. The van der Waals surface area contributed by atoms with Crippen LogP contribution in [0.1, 0.15) is 16.8 Å². The summed E-state index contributed by atoms with van der Waals surface area (Å²) < 4.78 is 9.78.